The van der Waals surface area contributed by atoms with Crippen molar-refractivity contribution in [1.82, 2.24) is 0 Å². The van der Waals surface area contributed by atoms with Crippen molar-refractivity contribution in [3.05, 3.63) is 200 Å². The number of furan rings is 2. The van der Waals surface area contributed by atoms with Crippen LogP contribution in [0.15, 0.2) is 209 Å². The van der Waals surface area contributed by atoms with Crippen LogP contribution >= 0.6 is 0 Å². The van der Waals surface area contributed by atoms with Gasteiger partial charge >= 0.3 is 0 Å². The summed E-state index contributed by atoms with van der Waals surface area (Å²) in [6, 6.07) is 70.9. The predicted molar refractivity (Wildman–Crippen MR) is 229 cm³/mol. The number of hydrogen-bond acceptors (Lipinski definition) is 3. The van der Waals surface area contributed by atoms with E-state index in [2.05, 4.69) is 193 Å². The molecule has 55 heavy (non-hydrogen) atoms. The molecule has 0 N–H and O–H groups in total. The molecule has 0 fully saturated rings. The van der Waals surface area contributed by atoms with Crippen molar-refractivity contribution >= 4 is 71.7 Å². The van der Waals surface area contributed by atoms with Crippen molar-refractivity contribution in [2.45, 2.75) is 0 Å². The maximum Gasteiger partial charge on any atom is 0.159 e. The maximum atomic E-state index is 7.17. The maximum absolute atomic E-state index is 7.17. The zero-order valence-corrected chi connectivity index (χ0v) is 29.8. The van der Waals surface area contributed by atoms with Gasteiger partial charge in [0.25, 0.3) is 0 Å². The van der Waals surface area contributed by atoms with Crippen molar-refractivity contribution in [2.75, 3.05) is 4.90 Å². The topological polar surface area (TPSA) is 29.5 Å². The Morgan fingerprint density at radius 1 is 0.327 bits per heavy atom. The first-order chi connectivity index (χ1) is 27.3. The van der Waals surface area contributed by atoms with Crippen LogP contribution in [0.3, 0.4) is 0 Å². The average molecular weight is 704 g/mol. The highest BCUT2D eigenvalue weighted by atomic mass is 16.3. The number of fused-ring (bicyclic) bond motifs is 7. The van der Waals surface area contributed by atoms with Crippen LogP contribution in [0.4, 0.5) is 17.1 Å². The Hall–Kier alpha value is -7.36. The first kappa shape index (κ1) is 31.2. The summed E-state index contributed by atoms with van der Waals surface area (Å²) < 4.78 is 13.4. The summed E-state index contributed by atoms with van der Waals surface area (Å²) in [7, 11) is 0. The number of benzene rings is 9. The fraction of sp³-hybridized carbons (Fsp3) is 0. The van der Waals surface area contributed by atoms with Crippen molar-refractivity contribution < 1.29 is 8.83 Å². The Morgan fingerprint density at radius 2 is 0.964 bits per heavy atom. The van der Waals surface area contributed by atoms with Crippen LogP contribution in [0.1, 0.15) is 0 Å². The Bertz CT molecular complexity index is 3190. The van der Waals surface area contributed by atoms with Gasteiger partial charge in [-0.05, 0) is 93.2 Å². The quantitative estimate of drug-likeness (QED) is 0.173. The smallest absolute Gasteiger partial charge is 0.159 e. The average Bonchev–Trinajstić information content (AvgIpc) is 3.84. The van der Waals surface area contributed by atoms with Crippen molar-refractivity contribution in [3.8, 4) is 33.4 Å². The summed E-state index contributed by atoms with van der Waals surface area (Å²) in [5, 5.41) is 6.80. The third-order valence-corrected chi connectivity index (χ3v) is 10.9. The fourth-order valence-corrected chi connectivity index (χ4v) is 8.22. The summed E-state index contributed by atoms with van der Waals surface area (Å²) in [6.45, 7) is 0. The fourth-order valence-electron chi connectivity index (χ4n) is 8.22. The van der Waals surface area contributed by atoms with Gasteiger partial charge in [0.15, 0.2) is 5.58 Å². The molecule has 0 aliphatic heterocycles. The molecular weight excluding hydrogens is 671 g/mol. The van der Waals surface area contributed by atoms with E-state index in [1.807, 2.05) is 12.1 Å². The van der Waals surface area contributed by atoms with Gasteiger partial charge in [0, 0.05) is 38.5 Å². The van der Waals surface area contributed by atoms with E-state index < -0.39 is 0 Å². The van der Waals surface area contributed by atoms with Crippen molar-refractivity contribution in [3.63, 3.8) is 0 Å². The number of rotatable bonds is 6. The van der Waals surface area contributed by atoms with E-state index in [4.69, 9.17) is 8.83 Å². The molecule has 0 aliphatic carbocycles. The first-order valence-electron chi connectivity index (χ1n) is 18.7. The standard InChI is InChI=1S/C52H33NO2/c1-3-13-36(14-4-1)42-29-30-43(37-15-5-2-6-16-37)52-50(42)45-19-11-20-47(51(45)55-52)53(41-28-31-49-46(33-41)44-18-9-10-21-48(44)54-49)40-26-24-35(25-27-40)39-23-22-34-12-7-8-17-38(34)32-39/h1-33H. The molecule has 2 aromatic heterocycles. The molecule has 3 heteroatoms. The second kappa shape index (κ2) is 12.6. The van der Waals surface area contributed by atoms with Gasteiger partial charge in [-0.25, -0.2) is 0 Å². The van der Waals surface area contributed by atoms with E-state index in [0.717, 1.165) is 88.8 Å². The van der Waals surface area contributed by atoms with Gasteiger partial charge in [-0.3, -0.25) is 0 Å². The molecule has 9 aromatic carbocycles. The van der Waals surface area contributed by atoms with Crippen LogP contribution in [0.2, 0.25) is 0 Å². The number of anilines is 3. The van der Waals surface area contributed by atoms with E-state index in [9.17, 15) is 0 Å². The van der Waals surface area contributed by atoms with E-state index in [1.165, 1.54) is 16.3 Å². The molecule has 0 spiro atoms. The van der Waals surface area contributed by atoms with E-state index in [0.29, 0.717) is 0 Å². The molecule has 258 valence electrons. The largest absolute Gasteiger partial charge is 0.456 e. The zero-order chi connectivity index (χ0) is 36.3. The summed E-state index contributed by atoms with van der Waals surface area (Å²) >= 11 is 0. The normalized spacial score (nSPS) is 11.6. The molecule has 0 amide bonds. The van der Waals surface area contributed by atoms with Crippen LogP contribution in [-0.4, -0.2) is 0 Å². The Kier molecular flexibility index (Phi) is 7.17. The molecule has 0 unspecified atom stereocenters. The van der Waals surface area contributed by atoms with Crippen molar-refractivity contribution in [1.29, 1.82) is 0 Å². The zero-order valence-electron chi connectivity index (χ0n) is 29.8. The molecular formula is C52H33NO2. The van der Waals surface area contributed by atoms with Gasteiger partial charge in [-0.15, -0.1) is 0 Å². The van der Waals surface area contributed by atoms with Crippen LogP contribution in [0, 0.1) is 0 Å². The van der Waals surface area contributed by atoms with Gasteiger partial charge in [0.05, 0.1) is 5.69 Å². The Labute approximate surface area is 317 Å². The van der Waals surface area contributed by atoms with Gasteiger partial charge < -0.3 is 13.7 Å². The Morgan fingerprint density at radius 3 is 1.78 bits per heavy atom. The molecule has 0 saturated heterocycles. The lowest BCUT2D eigenvalue weighted by Crippen LogP contribution is -2.10. The number of nitrogens with zero attached hydrogens (tertiary/aromatic N) is 1. The van der Waals surface area contributed by atoms with Gasteiger partial charge in [-0.2, -0.15) is 0 Å². The third kappa shape index (κ3) is 5.20. The lowest BCUT2D eigenvalue weighted by atomic mass is 9.94. The summed E-state index contributed by atoms with van der Waals surface area (Å²) in [5.41, 5.74) is 13.2. The molecule has 3 nitrogen and oxygen atoms in total. The number of para-hydroxylation sites is 2. The van der Waals surface area contributed by atoms with Crippen LogP contribution < -0.4 is 4.90 Å². The Balaban J connectivity index is 1.15. The summed E-state index contributed by atoms with van der Waals surface area (Å²) in [5.74, 6) is 0. The molecule has 2 heterocycles. The second-order valence-corrected chi connectivity index (χ2v) is 14.1. The molecule has 0 atom stereocenters. The molecule has 0 bridgehead atoms. The highest BCUT2D eigenvalue weighted by Gasteiger charge is 2.23. The molecule has 11 aromatic rings. The minimum atomic E-state index is 0.828. The molecule has 0 aliphatic rings. The van der Waals surface area contributed by atoms with Gasteiger partial charge in [-0.1, -0.05) is 146 Å². The highest BCUT2D eigenvalue weighted by Crippen LogP contribution is 2.47. The minimum Gasteiger partial charge on any atom is -0.456 e. The van der Waals surface area contributed by atoms with Crippen LogP contribution in [0.5, 0.6) is 0 Å². The monoisotopic (exact) mass is 703 g/mol. The van der Waals surface area contributed by atoms with E-state index >= 15 is 0 Å². The van der Waals surface area contributed by atoms with Crippen molar-refractivity contribution in [2.24, 2.45) is 0 Å². The molecule has 0 saturated carbocycles. The minimum absolute atomic E-state index is 0.828. The highest BCUT2D eigenvalue weighted by molar-refractivity contribution is 6.19. The number of hydrogen-bond donors (Lipinski definition) is 0. The van der Waals surface area contributed by atoms with Gasteiger partial charge in [0.1, 0.15) is 16.7 Å². The van der Waals surface area contributed by atoms with E-state index in [1.54, 1.807) is 0 Å². The second-order valence-electron chi connectivity index (χ2n) is 14.1. The van der Waals surface area contributed by atoms with Crippen LogP contribution in [-0.2, 0) is 0 Å². The summed E-state index contributed by atoms with van der Waals surface area (Å²) in [4.78, 5) is 2.32. The summed E-state index contributed by atoms with van der Waals surface area (Å²) in [6.07, 6.45) is 0. The SMILES string of the molecule is c1ccc(-c2ccc(-c3ccccc3)c3c2oc2c(N(c4ccc(-c5ccc6ccccc6c5)cc4)c4ccc5oc6ccccc6c5c4)cccc23)cc1. The lowest BCUT2D eigenvalue weighted by molar-refractivity contribution is 0.669. The van der Waals surface area contributed by atoms with Gasteiger partial charge in [0.2, 0.25) is 0 Å². The lowest BCUT2D eigenvalue weighted by Gasteiger charge is -2.26. The third-order valence-electron chi connectivity index (χ3n) is 10.9. The molecule has 11 rings (SSSR count). The van der Waals surface area contributed by atoms with Crippen LogP contribution in [0.25, 0.3) is 88.0 Å². The predicted octanol–water partition coefficient (Wildman–Crippen LogP) is 15.1. The first-order valence-corrected chi connectivity index (χ1v) is 18.7. The molecule has 0 radical (unpaired) electrons. The van der Waals surface area contributed by atoms with E-state index in [-0.39, 0.29) is 0 Å².